The summed E-state index contributed by atoms with van der Waals surface area (Å²) in [6.07, 6.45) is 4.34. The summed E-state index contributed by atoms with van der Waals surface area (Å²) in [5.74, 6) is -1.59. The molecule has 0 radical (unpaired) electrons. The van der Waals surface area contributed by atoms with Crippen LogP contribution in [0.3, 0.4) is 0 Å². The average molecular weight is 604 g/mol. The maximum atomic E-state index is 14.4. The second kappa shape index (κ2) is 12.0. The molecule has 10 nitrogen and oxygen atoms in total. The Balaban J connectivity index is 1.31. The number of urea groups is 1. The Kier molecular flexibility index (Phi) is 8.00. The van der Waals surface area contributed by atoms with E-state index < -0.39 is 23.7 Å². The van der Waals surface area contributed by atoms with Crippen LogP contribution in [-0.2, 0) is 13.6 Å². The van der Waals surface area contributed by atoms with E-state index >= 15 is 0 Å². The summed E-state index contributed by atoms with van der Waals surface area (Å²) in [7, 11) is 1.84. The van der Waals surface area contributed by atoms with Crippen LogP contribution in [0.5, 0.6) is 0 Å². The van der Waals surface area contributed by atoms with Crippen molar-refractivity contribution in [2.45, 2.75) is 44.8 Å². The van der Waals surface area contributed by atoms with Crippen molar-refractivity contribution < 1.29 is 13.6 Å². The number of nitrogens with zero attached hydrogens (tertiary/aromatic N) is 7. The molecule has 2 aromatic carbocycles. The second-order valence-corrected chi connectivity index (χ2v) is 11.3. The molecule has 4 heterocycles. The van der Waals surface area contributed by atoms with Gasteiger partial charge in [-0.1, -0.05) is 35.7 Å². The largest absolute Gasteiger partial charge is 0.333 e. The molecule has 1 fully saturated rings. The predicted molar refractivity (Wildman–Crippen MR) is 160 cm³/mol. The highest BCUT2D eigenvalue weighted by molar-refractivity contribution is 7.03. The SMILES string of the molecule is CC[C@H]1[C@@H](c2ccc(F)c(F)c2)[C@H](NC(=O)Nc2c(C)c(-c3cnn(C)c3)nn2-c2ccccc2)CN1Cc1csnn1. The van der Waals surface area contributed by atoms with Gasteiger partial charge in [-0.25, -0.2) is 18.3 Å². The van der Waals surface area contributed by atoms with E-state index in [4.69, 9.17) is 5.10 Å². The van der Waals surface area contributed by atoms with Gasteiger partial charge in [-0.3, -0.25) is 14.9 Å². The number of carbonyl (C=O) groups is 1. The number of halogens is 2. The number of anilines is 1. The van der Waals surface area contributed by atoms with Crippen LogP contribution in [0.25, 0.3) is 16.9 Å². The van der Waals surface area contributed by atoms with Gasteiger partial charge in [0.05, 0.1) is 23.6 Å². The van der Waals surface area contributed by atoms with Gasteiger partial charge in [0.15, 0.2) is 11.6 Å². The minimum Gasteiger partial charge on any atom is -0.333 e. The molecule has 43 heavy (non-hydrogen) atoms. The molecule has 5 aromatic rings. The summed E-state index contributed by atoms with van der Waals surface area (Å²) in [5.41, 5.74) is 4.53. The molecule has 222 valence electrons. The van der Waals surface area contributed by atoms with Crippen molar-refractivity contribution in [1.82, 2.24) is 39.4 Å². The molecule has 1 saturated heterocycles. The molecule has 0 unspecified atom stereocenters. The number of para-hydroxylation sites is 1. The summed E-state index contributed by atoms with van der Waals surface area (Å²) in [6, 6.07) is 12.6. The molecule has 2 amide bonds. The van der Waals surface area contributed by atoms with E-state index in [1.54, 1.807) is 21.6 Å². The van der Waals surface area contributed by atoms with Crippen molar-refractivity contribution in [3.05, 3.63) is 94.8 Å². The van der Waals surface area contributed by atoms with Crippen LogP contribution in [0, 0.1) is 18.6 Å². The number of carbonyl (C=O) groups excluding carboxylic acids is 1. The van der Waals surface area contributed by atoms with Gasteiger partial charge in [-0.15, -0.1) is 5.10 Å². The average Bonchev–Trinajstić information content (AvgIpc) is 3.79. The molecule has 2 N–H and O–H groups in total. The standard InChI is InChI=1S/C30H31F2N9OS/c1-4-26-27(19-10-11-23(31)24(32)12-19)25(16-40(26)15-21-17-43-38-36-21)34-30(42)35-29-18(2)28(20-13-33-39(3)14-20)37-41(29)22-8-6-5-7-9-22/h5-14,17,25-27H,4,15-16H2,1-3H3,(H2,34,35,42)/t25-,26+,27+/m1/s1. The third kappa shape index (κ3) is 5.77. The van der Waals surface area contributed by atoms with Crippen LogP contribution < -0.4 is 10.6 Å². The number of hydrogen-bond donors (Lipinski definition) is 2. The Morgan fingerprint density at radius 2 is 1.95 bits per heavy atom. The number of rotatable bonds is 8. The lowest BCUT2D eigenvalue weighted by atomic mass is 9.87. The van der Waals surface area contributed by atoms with E-state index in [0.29, 0.717) is 30.2 Å². The first-order chi connectivity index (χ1) is 20.8. The molecule has 0 spiro atoms. The first-order valence-corrected chi connectivity index (χ1v) is 14.8. The Labute approximate surface area is 251 Å². The summed E-state index contributed by atoms with van der Waals surface area (Å²) in [5, 5.41) is 21.4. The Morgan fingerprint density at radius 1 is 1.14 bits per heavy atom. The summed E-state index contributed by atoms with van der Waals surface area (Å²) >= 11 is 1.28. The lowest BCUT2D eigenvalue weighted by molar-refractivity contribution is 0.226. The molecule has 6 rings (SSSR count). The van der Waals surface area contributed by atoms with Crippen LogP contribution in [0.4, 0.5) is 19.4 Å². The monoisotopic (exact) mass is 603 g/mol. The van der Waals surface area contributed by atoms with E-state index in [-0.39, 0.29) is 12.0 Å². The summed E-state index contributed by atoms with van der Waals surface area (Å²) in [6.45, 7) is 4.98. The van der Waals surface area contributed by atoms with E-state index in [1.807, 2.05) is 62.8 Å². The fraction of sp³-hybridized carbons (Fsp3) is 0.300. The minimum absolute atomic E-state index is 0.0503. The molecule has 0 saturated carbocycles. The Hall–Kier alpha value is -4.49. The maximum absolute atomic E-state index is 14.4. The van der Waals surface area contributed by atoms with E-state index in [1.165, 1.54) is 17.6 Å². The van der Waals surface area contributed by atoms with E-state index in [0.717, 1.165) is 35.0 Å². The van der Waals surface area contributed by atoms with Crippen LogP contribution in [0.15, 0.2) is 66.3 Å². The number of aryl methyl sites for hydroxylation is 1. The number of amides is 2. The molecule has 0 aliphatic carbocycles. The zero-order chi connectivity index (χ0) is 30.1. The smallest absolute Gasteiger partial charge is 0.320 e. The number of hydrogen-bond acceptors (Lipinski definition) is 7. The Morgan fingerprint density at radius 3 is 2.63 bits per heavy atom. The molecule has 13 heteroatoms. The molecule has 1 aliphatic rings. The maximum Gasteiger partial charge on any atom is 0.320 e. The molecule has 3 aromatic heterocycles. The highest BCUT2D eigenvalue weighted by atomic mass is 32.1. The van der Waals surface area contributed by atoms with Gasteiger partial charge in [0.1, 0.15) is 11.5 Å². The number of likely N-dealkylation sites (tertiary alicyclic amines) is 1. The van der Waals surface area contributed by atoms with Crippen molar-refractivity contribution in [2.75, 3.05) is 11.9 Å². The van der Waals surface area contributed by atoms with E-state index in [9.17, 15) is 13.6 Å². The molecule has 1 aliphatic heterocycles. The van der Waals surface area contributed by atoms with Gasteiger partial charge in [-0.05, 0) is 54.7 Å². The highest BCUT2D eigenvalue weighted by Crippen LogP contribution is 2.37. The van der Waals surface area contributed by atoms with Crippen molar-refractivity contribution in [2.24, 2.45) is 7.05 Å². The first-order valence-electron chi connectivity index (χ1n) is 14.0. The predicted octanol–water partition coefficient (Wildman–Crippen LogP) is 5.28. The van der Waals surface area contributed by atoms with Gasteiger partial charge >= 0.3 is 6.03 Å². The van der Waals surface area contributed by atoms with Crippen LogP contribution in [0.2, 0.25) is 0 Å². The lowest BCUT2D eigenvalue weighted by Crippen LogP contribution is -2.42. The van der Waals surface area contributed by atoms with Crippen molar-refractivity contribution >= 4 is 23.4 Å². The number of aromatic nitrogens is 6. The molecule has 0 bridgehead atoms. The second-order valence-electron chi connectivity index (χ2n) is 10.7. The fourth-order valence-electron chi connectivity index (χ4n) is 5.99. The minimum atomic E-state index is -0.914. The van der Waals surface area contributed by atoms with Crippen LogP contribution in [-0.4, -0.2) is 58.7 Å². The van der Waals surface area contributed by atoms with E-state index in [2.05, 4.69) is 30.2 Å². The quantitative estimate of drug-likeness (QED) is 0.250. The third-order valence-corrected chi connectivity index (χ3v) is 8.47. The van der Waals surface area contributed by atoms with Gasteiger partial charge in [0.2, 0.25) is 0 Å². The highest BCUT2D eigenvalue weighted by Gasteiger charge is 2.43. The normalized spacial score (nSPS) is 18.7. The fourth-order valence-corrected chi connectivity index (χ4v) is 6.43. The van der Waals surface area contributed by atoms with Crippen molar-refractivity contribution in [1.29, 1.82) is 0 Å². The molecule has 3 atom stereocenters. The lowest BCUT2D eigenvalue weighted by Gasteiger charge is -2.27. The summed E-state index contributed by atoms with van der Waals surface area (Å²) in [4.78, 5) is 15.9. The zero-order valence-corrected chi connectivity index (χ0v) is 24.7. The van der Waals surface area contributed by atoms with Crippen LogP contribution >= 0.6 is 11.5 Å². The Bertz CT molecular complexity index is 1720. The van der Waals surface area contributed by atoms with Crippen LogP contribution in [0.1, 0.15) is 36.1 Å². The first kappa shape index (κ1) is 28.6. The van der Waals surface area contributed by atoms with Crippen molar-refractivity contribution in [3.8, 4) is 16.9 Å². The molecular formula is C30H31F2N9OS. The van der Waals surface area contributed by atoms with Crippen molar-refractivity contribution in [3.63, 3.8) is 0 Å². The number of nitrogens with one attached hydrogen (secondary N) is 2. The number of benzene rings is 2. The zero-order valence-electron chi connectivity index (χ0n) is 23.9. The molecular weight excluding hydrogens is 572 g/mol. The van der Waals surface area contributed by atoms with Gasteiger partial charge in [0.25, 0.3) is 0 Å². The van der Waals surface area contributed by atoms with Gasteiger partial charge in [-0.2, -0.15) is 10.2 Å². The topological polar surface area (TPSA) is 106 Å². The van der Waals surface area contributed by atoms with Gasteiger partial charge in [0, 0.05) is 54.8 Å². The third-order valence-electron chi connectivity index (χ3n) is 7.92. The summed E-state index contributed by atoms with van der Waals surface area (Å²) < 4.78 is 35.7. The van der Waals surface area contributed by atoms with Gasteiger partial charge < -0.3 is 5.32 Å².